The normalized spacial score (nSPS) is 11.3. The number of rotatable bonds is 6. The van der Waals surface area contributed by atoms with Crippen LogP contribution in [0.2, 0.25) is 10.0 Å². The molecule has 0 atom stereocenters. The summed E-state index contributed by atoms with van der Waals surface area (Å²) in [5, 5.41) is 22.9. The second kappa shape index (κ2) is 9.58. The molecule has 0 fully saturated rings. The molecular formula is C22H16Cl2F3NO4. The van der Waals surface area contributed by atoms with Crippen molar-refractivity contribution in [1.82, 2.24) is 0 Å². The third-order valence-electron chi connectivity index (χ3n) is 4.43. The van der Waals surface area contributed by atoms with Crippen LogP contribution in [-0.4, -0.2) is 22.7 Å². The lowest BCUT2D eigenvalue weighted by atomic mass is 10.0. The fraction of sp³-hybridized carbons (Fsp3) is 0.136. The highest BCUT2D eigenvalue weighted by molar-refractivity contribution is 6.31. The van der Waals surface area contributed by atoms with E-state index in [1.165, 1.54) is 42.5 Å². The summed E-state index contributed by atoms with van der Waals surface area (Å²) >= 11 is 11.8. The van der Waals surface area contributed by atoms with Crippen molar-refractivity contribution >= 4 is 34.8 Å². The average molecular weight is 486 g/mol. The van der Waals surface area contributed by atoms with E-state index in [9.17, 15) is 28.2 Å². The minimum Gasteiger partial charge on any atom is -0.507 e. The van der Waals surface area contributed by atoms with Gasteiger partial charge in [-0.15, -0.1) is 0 Å². The first-order valence-electron chi connectivity index (χ1n) is 9.16. The van der Waals surface area contributed by atoms with Crippen LogP contribution < -0.4 is 10.1 Å². The first kappa shape index (κ1) is 23.6. The summed E-state index contributed by atoms with van der Waals surface area (Å²) in [6.07, 6.45) is -4.63. The molecule has 0 aromatic heterocycles. The van der Waals surface area contributed by atoms with Gasteiger partial charge < -0.3 is 20.3 Å². The van der Waals surface area contributed by atoms with Crippen LogP contribution in [-0.2, 0) is 12.6 Å². The van der Waals surface area contributed by atoms with E-state index in [4.69, 9.17) is 27.9 Å². The van der Waals surface area contributed by atoms with Gasteiger partial charge in [0, 0.05) is 22.5 Å². The van der Waals surface area contributed by atoms with Gasteiger partial charge in [-0.1, -0.05) is 41.4 Å². The first-order chi connectivity index (χ1) is 15.1. The van der Waals surface area contributed by atoms with Gasteiger partial charge in [0.15, 0.2) is 11.5 Å². The SMILES string of the molecule is O=C(Nc1cc(Cl)cc(O)c1OCCc1ccccc1C(F)(F)F)c1cc(Cl)ccc1O. The van der Waals surface area contributed by atoms with Gasteiger partial charge >= 0.3 is 6.18 Å². The second-order valence-corrected chi connectivity index (χ2v) is 7.54. The Balaban J connectivity index is 1.81. The summed E-state index contributed by atoms with van der Waals surface area (Å²) in [5.74, 6) is -1.70. The van der Waals surface area contributed by atoms with Crippen molar-refractivity contribution in [2.24, 2.45) is 0 Å². The van der Waals surface area contributed by atoms with Crippen molar-refractivity contribution in [3.63, 3.8) is 0 Å². The predicted molar refractivity (Wildman–Crippen MR) is 115 cm³/mol. The lowest BCUT2D eigenvalue weighted by Gasteiger charge is -2.16. The summed E-state index contributed by atoms with van der Waals surface area (Å²) in [5.41, 5.74) is -0.942. The van der Waals surface area contributed by atoms with Crippen LogP contribution in [0, 0.1) is 0 Å². The maximum atomic E-state index is 13.2. The van der Waals surface area contributed by atoms with Crippen LogP contribution in [0.5, 0.6) is 17.2 Å². The maximum absolute atomic E-state index is 13.2. The van der Waals surface area contributed by atoms with E-state index in [0.717, 1.165) is 12.1 Å². The number of ether oxygens (including phenoxy) is 1. The predicted octanol–water partition coefficient (Wildman–Crippen LogP) is 6.30. The van der Waals surface area contributed by atoms with Crippen LogP contribution in [0.1, 0.15) is 21.5 Å². The van der Waals surface area contributed by atoms with E-state index in [1.54, 1.807) is 0 Å². The highest BCUT2D eigenvalue weighted by atomic mass is 35.5. The monoisotopic (exact) mass is 485 g/mol. The summed E-state index contributed by atoms with van der Waals surface area (Å²) < 4.78 is 45.0. The molecule has 0 spiro atoms. The number of alkyl halides is 3. The number of carbonyl (C=O) groups excluding carboxylic acids is 1. The Morgan fingerprint density at radius 3 is 2.41 bits per heavy atom. The van der Waals surface area contributed by atoms with Crippen molar-refractivity contribution in [2.75, 3.05) is 11.9 Å². The molecule has 10 heteroatoms. The van der Waals surface area contributed by atoms with Gasteiger partial charge in [0.05, 0.1) is 23.4 Å². The number of phenols is 2. The zero-order valence-electron chi connectivity index (χ0n) is 16.2. The Labute approximate surface area is 191 Å². The number of hydrogen-bond donors (Lipinski definition) is 3. The zero-order valence-corrected chi connectivity index (χ0v) is 17.7. The minimum absolute atomic E-state index is 0.0166. The highest BCUT2D eigenvalue weighted by Crippen LogP contribution is 2.39. The number of halogens is 5. The molecule has 0 bridgehead atoms. The smallest absolute Gasteiger partial charge is 0.416 e. The van der Waals surface area contributed by atoms with Gasteiger partial charge in [-0.05, 0) is 35.9 Å². The number of benzene rings is 3. The second-order valence-electron chi connectivity index (χ2n) is 6.67. The molecule has 3 aromatic rings. The van der Waals surface area contributed by atoms with E-state index in [-0.39, 0.29) is 51.4 Å². The van der Waals surface area contributed by atoms with E-state index in [2.05, 4.69) is 5.32 Å². The molecule has 0 saturated carbocycles. The van der Waals surface area contributed by atoms with Gasteiger partial charge in [0.1, 0.15) is 5.75 Å². The lowest BCUT2D eigenvalue weighted by molar-refractivity contribution is -0.138. The number of hydrogen-bond acceptors (Lipinski definition) is 4. The molecule has 3 aromatic carbocycles. The quantitative estimate of drug-likeness (QED) is 0.382. The van der Waals surface area contributed by atoms with E-state index < -0.39 is 23.4 Å². The van der Waals surface area contributed by atoms with Crippen LogP contribution in [0.15, 0.2) is 54.6 Å². The summed E-state index contributed by atoms with van der Waals surface area (Å²) in [4.78, 5) is 12.6. The third kappa shape index (κ3) is 5.57. The fourth-order valence-corrected chi connectivity index (χ4v) is 3.37. The number of phenolic OH excluding ortho intramolecular Hbond substituents is 2. The summed E-state index contributed by atoms with van der Waals surface area (Å²) in [6, 6.07) is 11.4. The van der Waals surface area contributed by atoms with Crippen LogP contribution >= 0.6 is 23.2 Å². The van der Waals surface area contributed by atoms with E-state index in [1.807, 2.05) is 0 Å². The molecule has 0 unspecified atom stereocenters. The fourth-order valence-electron chi connectivity index (χ4n) is 2.98. The van der Waals surface area contributed by atoms with Crippen molar-refractivity contribution in [1.29, 1.82) is 0 Å². The Hall–Kier alpha value is -3.10. The standard InChI is InChI=1S/C22H16Cl2F3NO4/c23-13-5-6-18(29)15(9-13)21(31)28-17-10-14(24)11-19(30)20(17)32-8-7-12-3-1-2-4-16(12)22(25,26)27/h1-6,9-11,29-30H,7-8H2,(H,28,31). The zero-order chi connectivity index (χ0) is 23.5. The van der Waals surface area contributed by atoms with Crippen LogP contribution in [0.4, 0.5) is 18.9 Å². The Morgan fingerprint density at radius 1 is 0.969 bits per heavy atom. The van der Waals surface area contributed by atoms with Gasteiger partial charge in [0.25, 0.3) is 5.91 Å². The topological polar surface area (TPSA) is 78.8 Å². The number of aromatic hydroxyl groups is 2. The molecular weight excluding hydrogens is 470 g/mol. The lowest BCUT2D eigenvalue weighted by Crippen LogP contribution is -2.14. The molecule has 0 heterocycles. The number of amides is 1. The molecule has 0 aliphatic carbocycles. The van der Waals surface area contributed by atoms with Gasteiger partial charge in [-0.2, -0.15) is 13.2 Å². The number of anilines is 1. The highest BCUT2D eigenvalue weighted by Gasteiger charge is 2.32. The molecule has 0 aliphatic rings. The van der Waals surface area contributed by atoms with Crippen molar-refractivity contribution in [2.45, 2.75) is 12.6 Å². The number of carbonyl (C=O) groups is 1. The Morgan fingerprint density at radius 2 is 1.69 bits per heavy atom. The van der Waals surface area contributed by atoms with Gasteiger partial charge in [0.2, 0.25) is 0 Å². The van der Waals surface area contributed by atoms with Crippen molar-refractivity contribution < 1.29 is 32.9 Å². The molecule has 32 heavy (non-hydrogen) atoms. The van der Waals surface area contributed by atoms with Crippen LogP contribution in [0.3, 0.4) is 0 Å². The van der Waals surface area contributed by atoms with E-state index in [0.29, 0.717) is 0 Å². The van der Waals surface area contributed by atoms with E-state index >= 15 is 0 Å². The molecule has 0 radical (unpaired) electrons. The molecule has 168 valence electrons. The largest absolute Gasteiger partial charge is 0.507 e. The molecule has 1 amide bonds. The maximum Gasteiger partial charge on any atom is 0.416 e. The average Bonchev–Trinajstić information content (AvgIpc) is 2.71. The molecule has 0 aliphatic heterocycles. The van der Waals surface area contributed by atoms with Crippen molar-refractivity contribution in [3.8, 4) is 17.2 Å². The number of nitrogens with one attached hydrogen (secondary N) is 1. The summed E-state index contributed by atoms with van der Waals surface area (Å²) in [6.45, 7) is -0.229. The molecule has 0 saturated heterocycles. The van der Waals surface area contributed by atoms with Gasteiger partial charge in [-0.25, -0.2) is 0 Å². The Bertz CT molecular complexity index is 1150. The van der Waals surface area contributed by atoms with Crippen molar-refractivity contribution in [3.05, 3.63) is 81.3 Å². The van der Waals surface area contributed by atoms with Crippen LogP contribution in [0.25, 0.3) is 0 Å². The molecule has 5 nitrogen and oxygen atoms in total. The minimum atomic E-state index is -4.52. The molecule has 3 rings (SSSR count). The molecule has 3 N–H and O–H groups in total. The third-order valence-corrected chi connectivity index (χ3v) is 4.88. The summed E-state index contributed by atoms with van der Waals surface area (Å²) in [7, 11) is 0. The van der Waals surface area contributed by atoms with Gasteiger partial charge in [-0.3, -0.25) is 4.79 Å². The first-order valence-corrected chi connectivity index (χ1v) is 9.92. The Kier molecular flexibility index (Phi) is 7.06.